The molecule has 0 aromatic heterocycles. The van der Waals surface area contributed by atoms with Gasteiger partial charge < -0.3 is 5.32 Å². The van der Waals surface area contributed by atoms with Gasteiger partial charge in [0.15, 0.2) is 6.23 Å². The van der Waals surface area contributed by atoms with Crippen LogP contribution in [0.4, 0.5) is 4.39 Å². The number of alkyl halides is 1. The van der Waals surface area contributed by atoms with Crippen molar-refractivity contribution in [2.24, 2.45) is 5.92 Å². The molecule has 3 rings (SSSR count). The van der Waals surface area contributed by atoms with Gasteiger partial charge in [-0.3, -0.25) is 15.1 Å². The van der Waals surface area contributed by atoms with Crippen LogP contribution in [0.5, 0.6) is 0 Å². The van der Waals surface area contributed by atoms with Gasteiger partial charge in [0.1, 0.15) is 12.2 Å². The lowest BCUT2D eigenvalue weighted by molar-refractivity contribution is -0.130. The first kappa shape index (κ1) is 16.1. The van der Waals surface area contributed by atoms with E-state index in [-0.39, 0.29) is 30.1 Å². The van der Waals surface area contributed by atoms with Crippen molar-refractivity contribution in [1.82, 2.24) is 21.2 Å². The fraction of sp³-hybridized carbons (Fsp3) is 0.933. The zero-order valence-corrected chi connectivity index (χ0v) is 13.2. The fourth-order valence-electron chi connectivity index (χ4n) is 3.89. The molecule has 0 aromatic carbocycles. The summed E-state index contributed by atoms with van der Waals surface area (Å²) in [5.41, 5.74) is 6.14. The molecule has 6 nitrogen and oxygen atoms in total. The van der Waals surface area contributed by atoms with Gasteiger partial charge in [-0.1, -0.05) is 19.8 Å². The topological polar surface area (TPSA) is 65.6 Å². The van der Waals surface area contributed by atoms with Crippen molar-refractivity contribution >= 4 is 5.91 Å². The predicted octanol–water partition coefficient (Wildman–Crippen LogP) is 0.849. The lowest BCUT2D eigenvalue weighted by Gasteiger charge is -2.29. The first-order valence-corrected chi connectivity index (χ1v) is 8.54. The number of hydroxylamine groups is 1. The summed E-state index contributed by atoms with van der Waals surface area (Å²) in [5, 5.41) is 4.89. The number of amides is 1. The van der Waals surface area contributed by atoms with Gasteiger partial charge in [-0.25, -0.2) is 9.40 Å². The zero-order chi connectivity index (χ0) is 15.5. The van der Waals surface area contributed by atoms with E-state index in [1.807, 2.05) is 11.9 Å². The average molecular weight is 314 g/mol. The molecule has 2 aliphatic heterocycles. The minimum Gasteiger partial charge on any atom is -0.328 e. The van der Waals surface area contributed by atoms with Crippen molar-refractivity contribution in [3.63, 3.8) is 0 Å². The minimum absolute atomic E-state index is 0.00424. The first-order chi connectivity index (χ1) is 10.7. The highest BCUT2D eigenvalue weighted by Crippen LogP contribution is 2.32. The summed E-state index contributed by atoms with van der Waals surface area (Å²) in [4.78, 5) is 17.8. The first-order valence-electron chi connectivity index (χ1n) is 8.54. The number of carbonyl (C=O) groups is 1. The molecule has 126 valence electrons. The maximum absolute atomic E-state index is 14.0. The van der Waals surface area contributed by atoms with Crippen LogP contribution in [0.1, 0.15) is 45.4 Å². The second-order valence-corrected chi connectivity index (χ2v) is 6.54. The van der Waals surface area contributed by atoms with Crippen LogP contribution in [0.2, 0.25) is 0 Å². The number of rotatable bonds is 4. The van der Waals surface area contributed by atoms with Crippen LogP contribution in [0.15, 0.2) is 0 Å². The van der Waals surface area contributed by atoms with Gasteiger partial charge in [0.2, 0.25) is 5.91 Å². The van der Waals surface area contributed by atoms with Crippen LogP contribution in [-0.2, 0) is 9.63 Å². The van der Waals surface area contributed by atoms with Crippen LogP contribution < -0.4 is 16.2 Å². The van der Waals surface area contributed by atoms with Gasteiger partial charge in [0.25, 0.3) is 0 Å². The molecule has 0 radical (unpaired) electrons. The number of carbonyl (C=O) groups excluding carboxylic acids is 1. The van der Waals surface area contributed by atoms with Crippen LogP contribution in [0.25, 0.3) is 0 Å². The molecule has 3 aliphatic rings. The maximum Gasteiger partial charge on any atom is 0.240 e. The smallest absolute Gasteiger partial charge is 0.240 e. The zero-order valence-electron chi connectivity index (χ0n) is 13.2. The van der Waals surface area contributed by atoms with E-state index in [1.54, 1.807) is 0 Å². The lowest BCUT2D eigenvalue weighted by Crippen LogP contribution is -2.49. The summed E-state index contributed by atoms with van der Waals surface area (Å²) in [6.07, 6.45) is 3.95. The molecule has 1 aliphatic carbocycles. The Balaban J connectivity index is 1.49. The molecular weight excluding hydrogens is 287 g/mol. The molecular formula is C15H27FN4O2. The van der Waals surface area contributed by atoms with E-state index in [4.69, 9.17) is 4.84 Å². The highest BCUT2D eigenvalue weighted by molar-refractivity contribution is 5.82. The molecule has 1 saturated carbocycles. The van der Waals surface area contributed by atoms with E-state index in [0.717, 1.165) is 38.8 Å². The average Bonchev–Trinajstić information content (AvgIpc) is 3.16. The second-order valence-electron chi connectivity index (χ2n) is 6.54. The molecule has 2 saturated heterocycles. The van der Waals surface area contributed by atoms with Crippen molar-refractivity contribution < 1.29 is 14.0 Å². The molecule has 2 heterocycles. The monoisotopic (exact) mass is 314 g/mol. The molecule has 0 aromatic rings. The Morgan fingerprint density at radius 2 is 2.18 bits per heavy atom. The molecule has 7 heteroatoms. The van der Waals surface area contributed by atoms with Crippen LogP contribution in [0, 0.1) is 5.92 Å². The minimum atomic E-state index is -0.751. The third-order valence-electron chi connectivity index (χ3n) is 5.13. The van der Waals surface area contributed by atoms with Crippen molar-refractivity contribution in [2.45, 2.75) is 69.9 Å². The van der Waals surface area contributed by atoms with Gasteiger partial charge in [-0.15, -0.1) is 0 Å². The van der Waals surface area contributed by atoms with E-state index in [2.05, 4.69) is 16.2 Å². The molecule has 3 fully saturated rings. The maximum atomic E-state index is 14.0. The van der Waals surface area contributed by atoms with Gasteiger partial charge in [-0.05, 0) is 19.3 Å². The van der Waals surface area contributed by atoms with Crippen LogP contribution >= 0.6 is 0 Å². The standard InChI is InChI=1S/C15H27FN4O2/c1-2-20-13(7-8-17-20)15(21)18-14-9-12(19-22-14)10-5-3-4-6-11(10)16/h10-14,17,19H,2-9H2,1H3,(H,18,21). The summed E-state index contributed by atoms with van der Waals surface area (Å²) in [7, 11) is 0. The van der Waals surface area contributed by atoms with Gasteiger partial charge in [-0.2, -0.15) is 5.48 Å². The quantitative estimate of drug-likeness (QED) is 0.718. The number of likely N-dealkylation sites (N-methyl/N-ethyl adjacent to an activating group) is 1. The number of nitrogens with one attached hydrogen (secondary N) is 3. The second kappa shape index (κ2) is 7.21. The molecule has 1 amide bonds. The van der Waals surface area contributed by atoms with E-state index in [0.29, 0.717) is 12.8 Å². The van der Waals surface area contributed by atoms with E-state index in [9.17, 15) is 9.18 Å². The fourth-order valence-corrected chi connectivity index (χ4v) is 3.89. The normalized spacial score (nSPS) is 40.0. The molecule has 5 atom stereocenters. The van der Waals surface area contributed by atoms with Crippen LogP contribution in [0.3, 0.4) is 0 Å². The highest BCUT2D eigenvalue weighted by Gasteiger charge is 2.39. The van der Waals surface area contributed by atoms with Crippen molar-refractivity contribution in [3.05, 3.63) is 0 Å². The molecule has 5 unspecified atom stereocenters. The Morgan fingerprint density at radius 3 is 2.95 bits per heavy atom. The van der Waals surface area contributed by atoms with Gasteiger partial charge >= 0.3 is 0 Å². The number of hydrazine groups is 1. The summed E-state index contributed by atoms with van der Waals surface area (Å²) < 4.78 is 14.0. The van der Waals surface area contributed by atoms with Gasteiger partial charge in [0.05, 0.1) is 0 Å². The van der Waals surface area contributed by atoms with Crippen molar-refractivity contribution in [1.29, 1.82) is 0 Å². The number of halogens is 1. The van der Waals surface area contributed by atoms with Crippen molar-refractivity contribution in [2.75, 3.05) is 13.1 Å². The predicted molar refractivity (Wildman–Crippen MR) is 80.2 cm³/mol. The number of hydrogen-bond donors (Lipinski definition) is 3. The Labute approximate surface area is 131 Å². The van der Waals surface area contributed by atoms with Crippen LogP contribution in [-0.4, -0.2) is 48.5 Å². The molecule has 0 bridgehead atoms. The Morgan fingerprint density at radius 1 is 1.36 bits per heavy atom. The Bertz CT molecular complexity index is 398. The third kappa shape index (κ3) is 3.42. The SMILES string of the molecule is CCN1NCCC1C(=O)NC1CC(C2CCCCC2F)NO1. The summed E-state index contributed by atoms with van der Waals surface area (Å²) in [5.74, 6) is -0.00400. The Hall–Kier alpha value is -0.760. The Kier molecular flexibility index (Phi) is 5.28. The van der Waals surface area contributed by atoms with Gasteiger partial charge in [0, 0.05) is 31.5 Å². The van der Waals surface area contributed by atoms with E-state index in [1.165, 1.54) is 0 Å². The molecule has 3 N–H and O–H groups in total. The number of hydrogen-bond acceptors (Lipinski definition) is 5. The summed E-state index contributed by atoms with van der Waals surface area (Å²) in [6.45, 7) is 3.63. The highest BCUT2D eigenvalue weighted by atomic mass is 19.1. The third-order valence-corrected chi connectivity index (χ3v) is 5.13. The lowest BCUT2D eigenvalue weighted by atomic mass is 9.81. The summed E-state index contributed by atoms with van der Waals surface area (Å²) >= 11 is 0. The largest absolute Gasteiger partial charge is 0.328 e. The molecule has 0 spiro atoms. The summed E-state index contributed by atoms with van der Waals surface area (Å²) in [6, 6.07) is -0.138. The van der Waals surface area contributed by atoms with Crippen molar-refractivity contribution in [3.8, 4) is 0 Å². The van der Waals surface area contributed by atoms with E-state index >= 15 is 0 Å². The number of nitrogens with zero attached hydrogens (tertiary/aromatic N) is 1. The van der Waals surface area contributed by atoms with E-state index < -0.39 is 6.17 Å². The molecule has 22 heavy (non-hydrogen) atoms.